The zero-order chi connectivity index (χ0) is 24.5. The van der Waals surface area contributed by atoms with Crippen LogP contribution in [0.3, 0.4) is 0 Å². The molecule has 3 aromatic carbocycles. The van der Waals surface area contributed by atoms with Crippen molar-refractivity contribution in [3.63, 3.8) is 0 Å². The van der Waals surface area contributed by atoms with Crippen LogP contribution in [0.1, 0.15) is 26.3 Å². The Morgan fingerprint density at radius 1 is 0.735 bits per heavy atom. The monoisotopic (exact) mass is 462 g/mol. The minimum absolute atomic E-state index is 0.119. The van der Waals surface area contributed by atoms with Crippen LogP contribution in [0.5, 0.6) is 23.0 Å². The van der Waals surface area contributed by atoms with E-state index in [0.717, 1.165) is 6.08 Å². The molecule has 0 saturated carbocycles. The summed E-state index contributed by atoms with van der Waals surface area (Å²) in [5.74, 6) is -0.194. The predicted molar refractivity (Wildman–Crippen MR) is 122 cm³/mol. The molecule has 0 aliphatic heterocycles. The topological polar surface area (TPSA) is 97.4 Å². The van der Waals surface area contributed by atoms with Crippen LogP contribution in [0, 0.1) is 0 Å². The molecule has 0 bridgehead atoms. The van der Waals surface area contributed by atoms with Gasteiger partial charge in [-0.3, -0.25) is 0 Å². The Kier molecular flexibility index (Phi) is 8.02. The fourth-order valence-electron chi connectivity index (χ4n) is 2.86. The van der Waals surface area contributed by atoms with E-state index >= 15 is 0 Å². The first-order chi connectivity index (χ1) is 16.4. The van der Waals surface area contributed by atoms with Crippen molar-refractivity contribution in [3.05, 3.63) is 96.1 Å². The van der Waals surface area contributed by atoms with E-state index in [2.05, 4.69) is 6.58 Å². The van der Waals surface area contributed by atoms with Gasteiger partial charge in [-0.2, -0.15) is 0 Å². The van der Waals surface area contributed by atoms with Gasteiger partial charge in [0.1, 0.15) is 29.6 Å². The molecule has 8 heteroatoms. The highest BCUT2D eigenvalue weighted by Gasteiger charge is 2.19. The van der Waals surface area contributed by atoms with Crippen LogP contribution < -0.4 is 18.9 Å². The third-order valence-electron chi connectivity index (χ3n) is 4.64. The highest BCUT2D eigenvalue weighted by molar-refractivity contribution is 5.96. The molecule has 0 fully saturated rings. The Morgan fingerprint density at radius 3 is 1.74 bits per heavy atom. The first-order valence-corrected chi connectivity index (χ1v) is 10.1. The number of rotatable bonds is 9. The van der Waals surface area contributed by atoms with Gasteiger partial charge in [0.15, 0.2) is 0 Å². The van der Waals surface area contributed by atoms with Crippen molar-refractivity contribution < 1.29 is 38.1 Å². The van der Waals surface area contributed by atoms with E-state index in [1.807, 2.05) is 0 Å². The summed E-state index contributed by atoms with van der Waals surface area (Å²) in [5, 5.41) is 0. The third-order valence-corrected chi connectivity index (χ3v) is 4.64. The Balaban J connectivity index is 1.82. The van der Waals surface area contributed by atoms with E-state index in [1.165, 1.54) is 32.4 Å². The van der Waals surface area contributed by atoms with Crippen LogP contribution in [-0.4, -0.2) is 32.1 Å². The number of ether oxygens (including phenoxy) is 5. The SMILES string of the molecule is C=CC(=O)OCc1cc(C(=O)Oc2ccc(OC)cc2)ccc1C(=O)Oc1ccc(OC)cc1. The lowest BCUT2D eigenvalue weighted by Gasteiger charge is -2.12. The Bertz CT molecular complexity index is 1180. The number of hydrogen-bond donors (Lipinski definition) is 0. The summed E-state index contributed by atoms with van der Waals surface area (Å²) in [7, 11) is 3.06. The van der Waals surface area contributed by atoms with Crippen LogP contribution in [0.15, 0.2) is 79.4 Å². The molecule has 0 aromatic heterocycles. The fraction of sp³-hybridized carbons (Fsp3) is 0.115. The molecule has 174 valence electrons. The van der Waals surface area contributed by atoms with E-state index in [4.69, 9.17) is 23.7 Å². The van der Waals surface area contributed by atoms with Crippen LogP contribution in [0.2, 0.25) is 0 Å². The maximum Gasteiger partial charge on any atom is 0.343 e. The van der Waals surface area contributed by atoms with Crippen LogP contribution in [0.4, 0.5) is 0 Å². The van der Waals surface area contributed by atoms with Crippen molar-refractivity contribution in [3.8, 4) is 23.0 Å². The summed E-state index contributed by atoms with van der Waals surface area (Å²) in [5.41, 5.74) is 0.535. The number of carbonyl (C=O) groups excluding carboxylic acids is 3. The standard InChI is InChI=1S/C26H22O8/c1-4-24(27)32-16-18-15-17(25(28)33-21-10-6-19(30-2)7-11-21)5-14-23(18)26(29)34-22-12-8-20(31-3)9-13-22/h4-15H,1,16H2,2-3H3. The maximum atomic E-state index is 12.8. The molecule has 0 aliphatic rings. The molecule has 0 heterocycles. The number of benzene rings is 3. The summed E-state index contributed by atoms with van der Waals surface area (Å²) >= 11 is 0. The van der Waals surface area contributed by atoms with E-state index in [1.54, 1.807) is 48.5 Å². The van der Waals surface area contributed by atoms with Gasteiger partial charge in [-0.1, -0.05) is 6.58 Å². The second-order valence-corrected chi connectivity index (χ2v) is 6.81. The van der Waals surface area contributed by atoms with Gasteiger partial charge in [0.25, 0.3) is 0 Å². The van der Waals surface area contributed by atoms with E-state index < -0.39 is 17.9 Å². The number of hydrogen-bond acceptors (Lipinski definition) is 8. The Morgan fingerprint density at radius 2 is 1.24 bits per heavy atom. The van der Waals surface area contributed by atoms with Crippen LogP contribution in [-0.2, 0) is 16.1 Å². The van der Waals surface area contributed by atoms with Crippen molar-refractivity contribution in [2.45, 2.75) is 6.61 Å². The number of methoxy groups -OCH3 is 2. The third kappa shape index (κ3) is 6.23. The average molecular weight is 462 g/mol. The van der Waals surface area contributed by atoms with E-state index in [9.17, 15) is 14.4 Å². The molecule has 3 aromatic rings. The zero-order valence-corrected chi connectivity index (χ0v) is 18.6. The molecule has 0 amide bonds. The second kappa shape index (κ2) is 11.3. The molecule has 0 spiro atoms. The number of carbonyl (C=O) groups is 3. The highest BCUT2D eigenvalue weighted by atomic mass is 16.5. The summed E-state index contributed by atoms with van der Waals surface area (Å²) in [6, 6.07) is 17.2. The lowest BCUT2D eigenvalue weighted by Crippen LogP contribution is -2.15. The predicted octanol–water partition coefficient (Wildman–Crippen LogP) is 4.37. The highest BCUT2D eigenvalue weighted by Crippen LogP contribution is 2.22. The van der Waals surface area contributed by atoms with Crippen LogP contribution >= 0.6 is 0 Å². The molecule has 0 radical (unpaired) electrons. The molecule has 0 unspecified atom stereocenters. The van der Waals surface area contributed by atoms with Gasteiger partial charge in [0.2, 0.25) is 0 Å². The van der Waals surface area contributed by atoms with Gasteiger partial charge < -0.3 is 23.7 Å². The molecule has 0 atom stereocenters. The minimum atomic E-state index is -0.690. The van der Waals surface area contributed by atoms with Gasteiger partial charge in [-0.15, -0.1) is 0 Å². The lowest BCUT2D eigenvalue weighted by molar-refractivity contribution is -0.139. The quantitative estimate of drug-likeness (QED) is 0.263. The maximum absolute atomic E-state index is 12.8. The largest absolute Gasteiger partial charge is 0.497 e. The summed E-state index contributed by atoms with van der Waals surface area (Å²) in [4.78, 5) is 37.0. The van der Waals surface area contributed by atoms with Crippen LogP contribution in [0.25, 0.3) is 0 Å². The lowest BCUT2D eigenvalue weighted by atomic mass is 10.0. The zero-order valence-electron chi connectivity index (χ0n) is 18.6. The normalized spacial score (nSPS) is 10.1. The molecular weight excluding hydrogens is 440 g/mol. The Hall–Kier alpha value is -4.59. The number of esters is 3. The Labute approximate surface area is 196 Å². The van der Waals surface area contributed by atoms with Crippen molar-refractivity contribution >= 4 is 17.9 Å². The fourth-order valence-corrected chi connectivity index (χ4v) is 2.86. The van der Waals surface area contributed by atoms with Gasteiger partial charge in [-0.25, -0.2) is 14.4 Å². The summed E-state index contributed by atoms with van der Waals surface area (Å²) < 4.78 is 26.0. The van der Waals surface area contributed by atoms with Crippen molar-refractivity contribution in [2.24, 2.45) is 0 Å². The van der Waals surface area contributed by atoms with E-state index in [0.29, 0.717) is 23.0 Å². The van der Waals surface area contributed by atoms with Gasteiger partial charge in [0.05, 0.1) is 25.3 Å². The van der Waals surface area contributed by atoms with E-state index in [-0.39, 0.29) is 23.3 Å². The first kappa shape index (κ1) is 24.1. The summed E-state index contributed by atoms with van der Waals surface area (Å²) in [6.45, 7) is 3.07. The second-order valence-electron chi connectivity index (χ2n) is 6.81. The summed E-state index contributed by atoms with van der Waals surface area (Å²) in [6.07, 6.45) is 0.997. The average Bonchev–Trinajstić information content (AvgIpc) is 2.87. The molecule has 0 aliphatic carbocycles. The van der Waals surface area contributed by atoms with Gasteiger partial charge in [0, 0.05) is 11.6 Å². The smallest absolute Gasteiger partial charge is 0.343 e. The first-order valence-electron chi connectivity index (χ1n) is 10.1. The molecular formula is C26H22O8. The molecule has 3 rings (SSSR count). The minimum Gasteiger partial charge on any atom is -0.497 e. The molecule has 34 heavy (non-hydrogen) atoms. The van der Waals surface area contributed by atoms with Crippen molar-refractivity contribution in [1.82, 2.24) is 0 Å². The van der Waals surface area contributed by atoms with Crippen molar-refractivity contribution in [1.29, 1.82) is 0 Å². The molecule has 8 nitrogen and oxygen atoms in total. The van der Waals surface area contributed by atoms with Gasteiger partial charge in [-0.05, 0) is 66.7 Å². The van der Waals surface area contributed by atoms with Gasteiger partial charge >= 0.3 is 17.9 Å². The molecule has 0 N–H and O–H groups in total. The van der Waals surface area contributed by atoms with Crippen molar-refractivity contribution in [2.75, 3.05) is 14.2 Å². The molecule has 0 saturated heterocycles.